The summed E-state index contributed by atoms with van der Waals surface area (Å²) in [6, 6.07) is 15.0. The third kappa shape index (κ3) is 3.94. The van der Waals surface area contributed by atoms with Gasteiger partial charge in [0.25, 0.3) is 5.91 Å². The van der Waals surface area contributed by atoms with E-state index < -0.39 is 0 Å². The molecule has 1 aliphatic rings. The number of carbonyl (C=O) groups is 1. The van der Waals surface area contributed by atoms with Crippen molar-refractivity contribution in [3.05, 3.63) is 54.1 Å². The van der Waals surface area contributed by atoms with Gasteiger partial charge in [0.2, 0.25) is 0 Å². The van der Waals surface area contributed by atoms with Gasteiger partial charge in [0, 0.05) is 12.0 Å². The Hall–Kier alpha value is -2.69. The third-order valence-electron chi connectivity index (χ3n) is 3.65. The number of methoxy groups -OCH3 is 1. The highest BCUT2D eigenvalue weighted by atomic mass is 16.5. The lowest BCUT2D eigenvalue weighted by molar-refractivity contribution is -0.123. The number of carbonyl (C=O) groups excluding carboxylic acids is 1. The Labute approximate surface area is 135 Å². The van der Waals surface area contributed by atoms with Crippen molar-refractivity contribution < 1.29 is 19.0 Å². The molecule has 0 aliphatic carbocycles. The fourth-order valence-electron chi connectivity index (χ4n) is 2.48. The van der Waals surface area contributed by atoms with E-state index in [9.17, 15) is 4.79 Å². The maximum atomic E-state index is 11.8. The van der Waals surface area contributed by atoms with Crippen molar-refractivity contribution in [2.75, 3.05) is 20.3 Å². The molecule has 2 aromatic rings. The number of amides is 1. The molecule has 1 N–H and O–H groups in total. The van der Waals surface area contributed by atoms with Crippen LogP contribution in [0.15, 0.2) is 48.5 Å². The summed E-state index contributed by atoms with van der Waals surface area (Å²) in [5, 5.41) is 2.84. The molecule has 0 radical (unpaired) electrons. The van der Waals surface area contributed by atoms with Crippen LogP contribution in [0.2, 0.25) is 0 Å². The average Bonchev–Trinajstić information content (AvgIpc) is 3.01. The molecule has 1 heterocycles. The highest BCUT2D eigenvalue weighted by molar-refractivity contribution is 5.77. The first-order chi connectivity index (χ1) is 11.2. The lowest BCUT2D eigenvalue weighted by Crippen LogP contribution is -2.37. The van der Waals surface area contributed by atoms with Crippen molar-refractivity contribution in [3.63, 3.8) is 0 Å². The van der Waals surface area contributed by atoms with Gasteiger partial charge < -0.3 is 19.5 Å². The van der Waals surface area contributed by atoms with Crippen molar-refractivity contribution in [1.82, 2.24) is 5.32 Å². The van der Waals surface area contributed by atoms with Gasteiger partial charge in [-0.2, -0.15) is 0 Å². The number of nitrogens with one attached hydrogen (secondary N) is 1. The normalized spacial score (nSPS) is 15.4. The lowest BCUT2D eigenvalue weighted by Gasteiger charge is -2.12. The molecule has 2 aromatic carbocycles. The first-order valence-electron chi connectivity index (χ1n) is 7.52. The first-order valence-corrected chi connectivity index (χ1v) is 7.52. The molecule has 0 spiro atoms. The quantitative estimate of drug-likeness (QED) is 0.888. The average molecular weight is 313 g/mol. The summed E-state index contributed by atoms with van der Waals surface area (Å²) in [4.78, 5) is 11.8. The second-order valence-electron chi connectivity index (χ2n) is 5.32. The van der Waals surface area contributed by atoms with E-state index in [1.165, 1.54) is 0 Å². The predicted octanol–water partition coefficient (Wildman–Crippen LogP) is 2.19. The van der Waals surface area contributed by atoms with E-state index in [0.717, 1.165) is 23.5 Å². The van der Waals surface area contributed by atoms with E-state index in [2.05, 4.69) is 5.32 Å². The minimum Gasteiger partial charge on any atom is -0.497 e. The Balaban J connectivity index is 1.43. The van der Waals surface area contributed by atoms with Gasteiger partial charge in [0.05, 0.1) is 13.7 Å². The second kappa shape index (κ2) is 7.05. The number of hydrogen-bond donors (Lipinski definition) is 1. The Morgan fingerprint density at radius 3 is 2.83 bits per heavy atom. The van der Waals surface area contributed by atoms with Crippen LogP contribution in [-0.2, 0) is 11.2 Å². The molecule has 0 bridgehead atoms. The molecule has 3 rings (SSSR count). The third-order valence-corrected chi connectivity index (χ3v) is 3.65. The fraction of sp³-hybridized carbons (Fsp3) is 0.278. The molecule has 23 heavy (non-hydrogen) atoms. The topological polar surface area (TPSA) is 56.8 Å². The van der Waals surface area contributed by atoms with Gasteiger partial charge in [0.15, 0.2) is 6.61 Å². The lowest BCUT2D eigenvalue weighted by atomic mass is 10.1. The Morgan fingerprint density at radius 1 is 1.22 bits per heavy atom. The van der Waals surface area contributed by atoms with Crippen LogP contribution in [0.25, 0.3) is 0 Å². The molecule has 0 unspecified atom stereocenters. The standard InChI is InChI=1S/C18H19NO4/c1-21-15-7-8-17-13(9-15)10-16(23-17)11-19-18(20)12-22-14-5-3-2-4-6-14/h2-9,16H,10-12H2,1H3,(H,19,20)/t16-/m1/s1. The summed E-state index contributed by atoms with van der Waals surface area (Å²) in [5.41, 5.74) is 1.10. The summed E-state index contributed by atoms with van der Waals surface area (Å²) < 4.78 is 16.4. The summed E-state index contributed by atoms with van der Waals surface area (Å²) in [7, 11) is 1.64. The number of benzene rings is 2. The van der Waals surface area contributed by atoms with E-state index in [4.69, 9.17) is 14.2 Å². The van der Waals surface area contributed by atoms with E-state index in [1.807, 2.05) is 48.5 Å². The minimum absolute atomic E-state index is 0.00248. The van der Waals surface area contributed by atoms with Crippen LogP contribution >= 0.6 is 0 Å². The molecule has 0 saturated heterocycles. The van der Waals surface area contributed by atoms with Crippen LogP contribution in [0.1, 0.15) is 5.56 Å². The number of fused-ring (bicyclic) bond motifs is 1. The number of hydrogen-bond acceptors (Lipinski definition) is 4. The van der Waals surface area contributed by atoms with Crippen molar-refractivity contribution in [2.24, 2.45) is 0 Å². The van der Waals surface area contributed by atoms with Gasteiger partial charge >= 0.3 is 0 Å². The Bertz CT molecular complexity index is 672. The molecule has 1 amide bonds. The molecule has 0 aromatic heterocycles. The number of rotatable bonds is 6. The molecular weight excluding hydrogens is 294 g/mol. The van der Waals surface area contributed by atoms with E-state index in [0.29, 0.717) is 12.3 Å². The molecule has 120 valence electrons. The van der Waals surface area contributed by atoms with Gasteiger partial charge in [-0.25, -0.2) is 0 Å². The van der Waals surface area contributed by atoms with Gasteiger partial charge in [0.1, 0.15) is 23.4 Å². The molecule has 0 fully saturated rings. The SMILES string of the molecule is COc1ccc2c(c1)C[C@H](CNC(=O)COc1ccccc1)O2. The molecule has 1 atom stereocenters. The largest absolute Gasteiger partial charge is 0.497 e. The minimum atomic E-state index is -0.161. The van der Waals surface area contributed by atoms with Crippen molar-refractivity contribution in [2.45, 2.75) is 12.5 Å². The smallest absolute Gasteiger partial charge is 0.258 e. The van der Waals surface area contributed by atoms with Gasteiger partial charge in [-0.05, 0) is 30.3 Å². The highest BCUT2D eigenvalue weighted by Crippen LogP contribution is 2.31. The molecule has 5 heteroatoms. The van der Waals surface area contributed by atoms with Gasteiger partial charge in [-0.15, -0.1) is 0 Å². The van der Waals surface area contributed by atoms with Crippen LogP contribution in [-0.4, -0.2) is 32.3 Å². The number of ether oxygens (including phenoxy) is 3. The predicted molar refractivity (Wildman–Crippen MR) is 86.1 cm³/mol. The van der Waals surface area contributed by atoms with Crippen LogP contribution in [0, 0.1) is 0 Å². The maximum absolute atomic E-state index is 11.8. The van der Waals surface area contributed by atoms with Crippen LogP contribution in [0.3, 0.4) is 0 Å². The zero-order valence-corrected chi connectivity index (χ0v) is 13.0. The highest BCUT2D eigenvalue weighted by Gasteiger charge is 2.23. The monoisotopic (exact) mass is 313 g/mol. The van der Waals surface area contributed by atoms with Crippen molar-refractivity contribution >= 4 is 5.91 Å². The Morgan fingerprint density at radius 2 is 2.04 bits per heavy atom. The van der Waals surface area contributed by atoms with Gasteiger partial charge in [-0.1, -0.05) is 18.2 Å². The molecule has 5 nitrogen and oxygen atoms in total. The zero-order valence-electron chi connectivity index (χ0n) is 13.0. The van der Waals surface area contributed by atoms with Crippen LogP contribution in [0.4, 0.5) is 0 Å². The first kappa shape index (κ1) is 15.2. The summed E-state index contributed by atoms with van der Waals surface area (Å²) in [6.07, 6.45) is 0.699. The van der Waals surface area contributed by atoms with Gasteiger partial charge in [-0.3, -0.25) is 4.79 Å². The van der Waals surface area contributed by atoms with E-state index in [-0.39, 0.29) is 18.6 Å². The Kier molecular flexibility index (Phi) is 4.66. The summed E-state index contributed by atoms with van der Waals surface area (Å²) in [5.74, 6) is 2.18. The summed E-state index contributed by atoms with van der Waals surface area (Å²) >= 11 is 0. The maximum Gasteiger partial charge on any atom is 0.258 e. The second-order valence-corrected chi connectivity index (χ2v) is 5.32. The molecule has 0 saturated carbocycles. The summed E-state index contributed by atoms with van der Waals surface area (Å²) in [6.45, 7) is 0.450. The van der Waals surface area contributed by atoms with Crippen LogP contribution in [0.5, 0.6) is 17.2 Å². The van der Waals surface area contributed by atoms with Crippen molar-refractivity contribution in [1.29, 1.82) is 0 Å². The van der Waals surface area contributed by atoms with Crippen molar-refractivity contribution in [3.8, 4) is 17.2 Å². The zero-order chi connectivity index (χ0) is 16.1. The van der Waals surface area contributed by atoms with E-state index >= 15 is 0 Å². The fourth-order valence-corrected chi connectivity index (χ4v) is 2.48. The number of para-hydroxylation sites is 1. The van der Waals surface area contributed by atoms with Crippen LogP contribution < -0.4 is 19.5 Å². The van der Waals surface area contributed by atoms with E-state index in [1.54, 1.807) is 7.11 Å². The molecular formula is C18H19NO4. The molecule has 1 aliphatic heterocycles.